The van der Waals surface area contributed by atoms with Gasteiger partial charge in [0.25, 0.3) is 5.91 Å². The normalized spacial score (nSPS) is 13.1. The zero-order valence-corrected chi connectivity index (χ0v) is 14.5. The Hall–Kier alpha value is -2.82. The number of benzene rings is 2. The molecule has 2 aromatic carbocycles. The molecule has 0 saturated carbocycles. The summed E-state index contributed by atoms with van der Waals surface area (Å²) in [5, 5.41) is 0. The monoisotopic (exact) mass is 339 g/mol. The molecule has 130 valence electrons. The number of hydrogen-bond donors (Lipinski definition) is 0. The molecular formula is C20H21NO4. The number of carbonyl (C=O) groups is 2. The lowest BCUT2D eigenvalue weighted by molar-refractivity contribution is -0.120. The summed E-state index contributed by atoms with van der Waals surface area (Å²) in [4.78, 5) is 25.8. The highest BCUT2D eigenvalue weighted by atomic mass is 16.5. The Balaban J connectivity index is 1.70. The zero-order valence-electron chi connectivity index (χ0n) is 14.5. The molecule has 0 fully saturated rings. The number of ketones is 1. The summed E-state index contributed by atoms with van der Waals surface area (Å²) in [6, 6.07) is 12.6. The standard InChI is InChI=1S/C20H21NO4/c1-14(22)15-5-3-7-18(11-15)25-13-20(23)21-10-4-6-16-12-17(24-2)8-9-19(16)21/h3,5,7-9,11-12H,4,6,10,13H2,1-2H3. The Morgan fingerprint density at radius 2 is 1.96 bits per heavy atom. The van der Waals surface area contributed by atoms with Crippen LogP contribution in [0.25, 0.3) is 0 Å². The summed E-state index contributed by atoms with van der Waals surface area (Å²) in [6.07, 6.45) is 1.84. The third-order valence-electron chi connectivity index (χ3n) is 4.31. The van der Waals surface area contributed by atoms with Gasteiger partial charge in [-0.2, -0.15) is 0 Å². The predicted octanol–water partition coefficient (Wildman–Crippen LogP) is 3.26. The van der Waals surface area contributed by atoms with Crippen molar-refractivity contribution in [2.45, 2.75) is 19.8 Å². The first-order valence-electron chi connectivity index (χ1n) is 8.29. The van der Waals surface area contributed by atoms with Crippen LogP contribution in [0.4, 0.5) is 5.69 Å². The number of fused-ring (bicyclic) bond motifs is 1. The Kier molecular flexibility index (Phi) is 5.03. The van der Waals surface area contributed by atoms with Gasteiger partial charge in [0.1, 0.15) is 11.5 Å². The van der Waals surface area contributed by atoms with E-state index in [1.54, 1.807) is 36.3 Å². The maximum absolute atomic E-state index is 12.6. The summed E-state index contributed by atoms with van der Waals surface area (Å²) in [7, 11) is 1.64. The van der Waals surface area contributed by atoms with E-state index in [0.717, 1.165) is 29.8 Å². The summed E-state index contributed by atoms with van der Waals surface area (Å²) >= 11 is 0. The van der Waals surface area contributed by atoms with E-state index in [-0.39, 0.29) is 18.3 Å². The highest BCUT2D eigenvalue weighted by Gasteiger charge is 2.23. The molecule has 0 unspecified atom stereocenters. The first-order valence-corrected chi connectivity index (χ1v) is 8.29. The maximum Gasteiger partial charge on any atom is 0.264 e. The molecule has 5 nitrogen and oxygen atoms in total. The van der Waals surface area contributed by atoms with Crippen LogP contribution in [0.5, 0.6) is 11.5 Å². The van der Waals surface area contributed by atoms with Crippen LogP contribution in [0.3, 0.4) is 0 Å². The van der Waals surface area contributed by atoms with Crippen molar-refractivity contribution in [3.8, 4) is 11.5 Å². The molecule has 0 atom stereocenters. The lowest BCUT2D eigenvalue weighted by Crippen LogP contribution is -2.38. The maximum atomic E-state index is 12.6. The van der Waals surface area contributed by atoms with Crippen LogP contribution < -0.4 is 14.4 Å². The van der Waals surface area contributed by atoms with Crippen molar-refractivity contribution in [2.24, 2.45) is 0 Å². The summed E-state index contributed by atoms with van der Waals surface area (Å²) in [6.45, 7) is 2.12. The Morgan fingerprint density at radius 3 is 2.72 bits per heavy atom. The van der Waals surface area contributed by atoms with Crippen LogP contribution in [-0.4, -0.2) is 32.0 Å². The second-order valence-electron chi connectivity index (χ2n) is 6.02. The van der Waals surface area contributed by atoms with Crippen LogP contribution >= 0.6 is 0 Å². The van der Waals surface area contributed by atoms with Gasteiger partial charge in [0.05, 0.1) is 7.11 Å². The third kappa shape index (κ3) is 3.82. The molecular weight excluding hydrogens is 318 g/mol. The van der Waals surface area contributed by atoms with Crippen molar-refractivity contribution >= 4 is 17.4 Å². The molecule has 5 heteroatoms. The Morgan fingerprint density at radius 1 is 1.12 bits per heavy atom. The molecule has 1 heterocycles. The van der Waals surface area contributed by atoms with Gasteiger partial charge in [0, 0.05) is 17.8 Å². The predicted molar refractivity (Wildman–Crippen MR) is 95.6 cm³/mol. The van der Waals surface area contributed by atoms with Crippen molar-refractivity contribution in [3.63, 3.8) is 0 Å². The van der Waals surface area contributed by atoms with Gasteiger partial charge < -0.3 is 14.4 Å². The number of Topliss-reactive ketones (excluding diaryl/α,β-unsaturated/α-hetero) is 1. The molecule has 0 radical (unpaired) electrons. The Labute approximate surface area is 147 Å². The van der Waals surface area contributed by atoms with Gasteiger partial charge in [-0.1, -0.05) is 12.1 Å². The first kappa shape index (κ1) is 17.0. The van der Waals surface area contributed by atoms with Crippen LogP contribution in [0, 0.1) is 0 Å². The number of anilines is 1. The minimum atomic E-state index is -0.0978. The summed E-state index contributed by atoms with van der Waals surface area (Å²) < 4.78 is 10.9. The lowest BCUT2D eigenvalue weighted by Gasteiger charge is -2.29. The average Bonchev–Trinajstić information content (AvgIpc) is 2.65. The molecule has 3 rings (SSSR count). The van der Waals surface area contributed by atoms with Gasteiger partial charge in [-0.15, -0.1) is 0 Å². The van der Waals surface area contributed by atoms with E-state index >= 15 is 0 Å². The van der Waals surface area contributed by atoms with Gasteiger partial charge in [0.2, 0.25) is 0 Å². The van der Waals surface area contributed by atoms with Crippen molar-refractivity contribution < 1.29 is 19.1 Å². The van der Waals surface area contributed by atoms with Crippen LogP contribution in [0.2, 0.25) is 0 Å². The largest absolute Gasteiger partial charge is 0.497 e. The fourth-order valence-electron chi connectivity index (χ4n) is 2.99. The van der Waals surface area contributed by atoms with E-state index in [4.69, 9.17) is 9.47 Å². The molecule has 1 aliphatic rings. The smallest absolute Gasteiger partial charge is 0.264 e. The molecule has 1 amide bonds. The quantitative estimate of drug-likeness (QED) is 0.785. The highest BCUT2D eigenvalue weighted by Crippen LogP contribution is 2.30. The molecule has 0 N–H and O–H groups in total. The van der Waals surface area contributed by atoms with E-state index in [2.05, 4.69) is 0 Å². The molecule has 0 aromatic heterocycles. The Bertz CT molecular complexity index is 800. The number of hydrogen-bond acceptors (Lipinski definition) is 4. The number of methoxy groups -OCH3 is 1. The number of amides is 1. The lowest BCUT2D eigenvalue weighted by atomic mass is 10.0. The van der Waals surface area contributed by atoms with Crippen molar-refractivity contribution in [2.75, 3.05) is 25.2 Å². The van der Waals surface area contributed by atoms with Crippen LogP contribution in [0.15, 0.2) is 42.5 Å². The van der Waals surface area contributed by atoms with Gasteiger partial charge in [-0.05, 0) is 55.7 Å². The number of ether oxygens (including phenoxy) is 2. The van der Waals surface area contributed by atoms with E-state index in [1.165, 1.54) is 6.92 Å². The highest BCUT2D eigenvalue weighted by molar-refractivity contribution is 5.96. The minimum Gasteiger partial charge on any atom is -0.497 e. The number of carbonyl (C=O) groups excluding carboxylic acids is 2. The number of nitrogens with zero attached hydrogens (tertiary/aromatic N) is 1. The molecule has 0 aliphatic carbocycles. The molecule has 0 saturated heterocycles. The molecule has 0 spiro atoms. The average molecular weight is 339 g/mol. The first-order chi connectivity index (χ1) is 12.1. The minimum absolute atomic E-state index is 0.0318. The van der Waals surface area contributed by atoms with Gasteiger partial charge in [-0.3, -0.25) is 9.59 Å². The molecule has 0 bridgehead atoms. The van der Waals surface area contributed by atoms with Gasteiger partial charge in [-0.25, -0.2) is 0 Å². The van der Waals surface area contributed by atoms with Crippen molar-refractivity contribution in [1.82, 2.24) is 0 Å². The second-order valence-corrected chi connectivity index (χ2v) is 6.02. The molecule has 2 aromatic rings. The number of aryl methyl sites for hydroxylation is 1. The fraction of sp³-hybridized carbons (Fsp3) is 0.300. The van der Waals surface area contributed by atoms with E-state index in [1.807, 2.05) is 18.2 Å². The van der Waals surface area contributed by atoms with Crippen molar-refractivity contribution in [3.05, 3.63) is 53.6 Å². The number of rotatable bonds is 5. The summed E-state index contributed by atoms with van der Waals surface area (Å²) in [5.41, 5.74) is 2.59. The second kappa shape index (κ2) is 7.38. The van der Waals surface area contributed by atoms with E-state index in [9.17, 15) is 9.59 Å². The fourth-order valence-corrected chi connectivity index (χ4v) is 2.99. The topological polar surface area (TPSA) is 55.8 Å². The van der Waals surface area contributed by atoms with Crippen molar-refractivity contribution in [1.29, 1.82) is 0 Å². The van der Waals surface area contributed by atoms with Gasteiger partial charge >= 0.3 is 0 Å². The SMILES string of the molecule is COc1ccc2c(c1)CCCN2C(=O)COc1cccc(C(C)=O)c1. The third-order valence-corrected chi connectivity index (χ3v) is 4.31. The zero-order chi connectivity index (χ0) is 17.8. The van der Waals surface area contributed by atoms with Crippen LogP contribution in [-0.2, 0) is 11.2 Å². The summed E-state index contributed by atoms with van der Waals surface area (Å²) in [5.74, 6) is 1.19. The van der Waals surface area contributed by atoms with Gasteiger partial charge in [0.15, 0.2) is 12.4 Å². The van der Waals surface area contributed by atoms with E-state index in [0.29, 0.717) is 17.9 Å². The van der Waals surface area contributed by atoms with Crippen LogP contribution in [0.1, 0.15) is 29.3 Å². The molecule has 1 aliphatic heterocycles. The van der Waals surface area contributed by atoms with E-state index < -0.39 is 0 Å². The molecule has 25 heavy (non-hydrogen) atoms.